The first-order valence-corrected chi connectivity index (χ1v) is 4.69. The van der Waals surface area contributed by atoms with E-state index in [2.05, 4.69) is 4.98 Å². The summed E-state index contributed by atoms with van der Waals surface area (Å²) < 4.78 is 12.6. The summed E-state index contributed by atoms with van der Waals surface area (Å²) in [6, 6.07) is 1.28. The molecular weight excluding hydrogens is 212 g/mol. The molecule has 0 saturated carbocycles. The fourth-order valence-corrected chi connectivity index (χ4v) is 1.12. The van der Waals surface area contributed by atoms with Crippen molar-refractivity contribution in [2.45, 2.75) is 6.42 Å². The number of allylic oxidation sites excluding steroid dienone is 1. The lowest BCUT2D eigenvalue weighted by Crippen LogP contribution is -1.84. The summed E-state index contributed by atoms with van der Waals surface area (Å²) in [7, 11) is 0. The summed E-state index contributed by atoms with van der Waals surface area (Å²) in [6.45, 7) is 0. The average Bonchev–Trinajstić information content (AvgIpc) is 2.11. The summed E-state index contributed by atoms with van der Waals surface area (Å²) >= 11 is 11.2. The van der Waals surface area contributed by atoms with Crippen molar-refractivity contribution in [2.24, 2.45) is 0 Å². The van der Waals surface area contributed by atoms with Gasteiger partial charge in [-0.05, 0) is 12.0 Å². The lowest BCUT2D eigenvalue weighted by molar-refractivity contribution is 0.583. The van der Waals surface area contributed by atoms with Crippen molar-refractivity contribution >= 4 is 29.3 Å². The number of aromatic nitrogens is 1. The maximum absolute atomic E-state index is 12.6. The zero-order valence-electron chi connectivity index (χ0n) is 6.80. The summed E-state index contributed by atoms with van der Waals surface area (Å²) in [5, 5.41) is 0.437. The SMILES string of the molecule is Fc1cc(C=CCCCl)c(Cl)cn1. The van der Waals surface area contributed by atoms with Gasteiger partial charge in [0.15, 0.2) is 0 Å². The summed E-state index contributed by atoms with van der Waals surface area (Å²) in [6.07, 6.45) is 5.60. The third kappa shape index (κ3) is 3.33. The van der Waals surface area contributed by atoms with Gasteiger partial charge in [0, 0.05) is 18.1 Å². The fourth-order valence-electron chi connectivity index (χ4n) is 0.828. The van der Waals surface area contributed by atoms with Crippen molar-refractivity contribution in [1.82, 2.24) is 4.98 Å². The molecule has 0 spiro atoms. The Kier molecular flexibility index (Phi) is 4.19. The number of hydrogen-bond acceptors (Lipinski definition) is 1. The maximum Gasteiger partial charge on any atom is 0.213 e. The molecule has 0 unspecified atom stereocenters. The van der Waals surface area contributed by atoms with E-state index < -0.39 is 5.95 Å². The second kappa shape index (κ2) is 5.20. The molecule has 1 nitrogen and oxygen atoms in total. The van der Waals surface area contributed by atoms with E-state index in [0.29, 0.717) is 16.5 Å². The molecule has 0 radical (unpaired) electrons. The van der Waals surface area contributed by atoms with E-state index in [1.54, 1.807) is 6.08 Å². The van der Waals surface area contributed by atoms with Gasteiger partial charge in [0.1, 0.15) is 0 Å². The first-order chi connectivity index (χ1) is 6.24. The van der Waals surface area contributed by atoms with E-state index >= 15 is 0 Å². The molecule has 1 aromatic rings. The molecule has 4 heteroatoms. The van der Waals surface area contributed by atoms with Crippen molar-refractivity contribution in [3.63, 3.8) is 0 Å². The van der Waals surface area contributed by atoms with Crippen LogP contribution in [-0.4, -0.2) is 10.9 Å². The van der Waals surface area contributed by atoms with E-state index in [-0.39, 0.29) is 0 Å². The first kappa shape index (κ1) is 10.5. The fraction of sp³-hybridized carbons (Fsp3) is 0.222. The number of halogens is 3. The molecule has 0 N–H and O–H groups in total. The Bertz CT molecular complexity index is 312. The highest BCUT2D eigenvalue weighted by molar-refractivity contribution is 6.31. The van der Waals surface area contributed by atoms with E-state index in [1.165, 1.54) is 12.3 Å². The van der Waals surface area contributed by atoms with Crippen LogP contribution in [-0.2, 0) is 0 Å². The highest BCUT2D eigenvalue weighted by atomic mass is 35.5. The molecule has 0 bridgehead atoms. The second-order valence-electron chi connectivity index (χ2n) is 2.41. The number of rotatable bonds is 3. The van der Waals surface area contributed by atoms with Gasteiger partial charge in [-0.3, -0.25) is 0 Å². The Hall–Kier alpha value is -0.600. The van der Waals surface area contributed by atoms with Crippen LogP contribution in [0.25, 0.3) is 6.08 Å². The van der Waals surface area contributed by atoms with Gasteiger partial charge in [-0.25, -0.2) is 4.98 Å². The normalized spacial score (nSPS) is 11.0. The molecule has 0 aliphatic rings. The highest BCUT2D eigenvalue weighted by Crippen LogP contribution is 2.16. The predicted molar refractivity (Wildman–Crippen MR) is 53.6 cm³/mol. The Labute approximate surface area is 86.2 Å². The molecule has 0 aliphatic heterocycles. The van der Waals surface area contributed by atoms with E-state index in [0.717, 1.165) is 6.42 Å². The first-order valence-electron chi connectivity index (χ1n) is 3.77. The van der Waals surface area contributed by atoms with Gasteiger partial charge < -0.3 is 0 Å². The van der Waals surface area contributed by atoms with E-state index in [1.807, 2.05) is 6.08 Å². The van der Waals surface area contributed by atoms with Gasteiger partial charge in [0.2, 0.25) is 5.95 Å². The van der Waals surface area contributed by atoms with Crippen LogP contribution in [0.1, 0.15) is 12.0 Å². The van der Waals surface area contributed by atoms with Crippen LogP contribution in [0, 0.1) is 5.95 Å². The molecule has 0 aromatic carbocycles. The number of nitrogens with zero attached hydrogens (tertiary/aromatic N) is 1. The Balaban J connectivity index is 2.81. The van der Waals surface area contributed by atoms with Crippen molar-refractivity contribution in [1.29, 1.82) is 0 Å². The molecule has 0 atom stereocenters. The average molecular weight is 220 g/mol. The van der Waals surface area contributed by atoms with Gasteiger partial charge in [-0.15, -0.1) is 11.6 Å². The van der Waals surface area contributed by atoms with Gasteiger partial charge in [-0.1, -0.05) is 23.8 Å². The molecular formula is C9H8Cl2FN. The highest BCUT2D eigenvalue weighted by Gasteiger charge is 1.98. The minimum Gasteiger partial charge on any atom is -0.227 e. The minimum absolute atomic E-state index is 0.437. The van der Waals surface area contributed by atoms with Crippen LogP contribution in [0.15, 0.2) is 18.3 Å². The molecule has 0 saturated heterocycles. The van der Waals surface area contributed by atoms with E-state index in [4.69, 9.17) is 23.2 Å². The van der Waals surface area contributed by atoms with Crippen LogP contribution in [0.3, 0.4) is 0 Å². The molecule has 0 aliphatic carbocycles. The van der Waals surface area contributed by atoms with Gasteiger partial charge in [0.05, 0.1) is 5.02 Å². The third-order valence-electron chi connectivity index (χ3n) is 1.42. The Morgan fingerprint density at radius 2 is 2.31 bits per heavy atom. The maximum atomic E-state index is 12.6. The lowest BCUT2D eigenvalue weighted by atomic mass is 10.2. The largest absolute Gasteiger partial charge is 0.227 e. The van der Waals surface area contributed by atoms with Crippen LogP contribution in [0.4, 0.5) is 4.39 Å². The van der Waals surface area contributed by atoms with Gasteiger partial charge in [-0.2, -0.15) is 4.39 Å². The monoisotopic (exact) mass is 219 g/mol. The Morgan fingerprint density at radius 3 is 3.00 bits per heavy atom. The molecule has 13 heavy (non-hydrogen) atoms. The molecule has 0 amide bonds. The zero-order chi connectivity index (χ0) is 9.68. The van der Waals surface area contributed by atoms with Gasteiger partial charge >= 0.3 is 0 Å². The van der Waals surface area contributed by atoms with Crippen LogP contribution in [0.5, 0.6) is 0 Å². The predicted octanol–water partition coefficient (Wildman–Crippen LogP) is 3.52. The van der Waals surface area contributed by atoms with Gasteiger partial charge in [0.25, 0.3) is 0 Å². The van der Waals surface area contributed by atoms with Crippen molar-refractivity contribution in [3.8, 4) is 0 Å². The smallest absolute Gasteiger partial charge is 0.213 e. The molecule has 1 aromatic heterocycles. The summed E-state index contributed by atoms with van der Waals surface area (Å²) in [5.41, 5.74) is 0.624. The van der Waals surface area contributed by atoms with Crippen molar-refractivity contribution in [3.05, 3.63) is 34.9 Å². The quantitative estimate of drug-likeness (QED) is 0.561. The minimum atomic E-state index is -0.532. The summed E-state index contributed by atoms with van der Waals surface area (Å²) in [5.74, 6) is 0.0109. The van der Waals surface area contributed by atoms with Crippen molar-refractivity contribution < 1.29 is 4.39 Å². The topological polar surface area (TPSA) is 12.9 Å². The molecule has 70 valence electrons. The van der Waals surface area contributed by atoms with E-state index in [9.17, 15) is 4.39 Å². The summed E-state index contributed by atoms with van der Waals surface area (Å²) in [4.78, 5) is 3.41. The lowest BCUT2D eigenvalue weighted by Gasteiger charge is -1.96. The Morgan fingerprint density at radius 1 is 1.54 bits per heavy atom. The number of hydrogen-bond donors (Lipinski definition) is 0. The molecule has 0 fully saturated rings. The van der Waals surface area contributed by atoms with Crippen LogP contribution in [0.2, 0.25) is 5.02 Å². The zero-order valence-corrected chi connectivity index (χ0v) is 8.32. The number of pyridine rings is 1. The molecule has 1 heterocycles. The standard InChI is InChI=1S/C9H8Cl2FN/c10-4-2-1-3-7-5-9(12)13-6-8(7)11/h1,3,5-6H,2,4H2. The van der Waals surface area contributed by atoms with Crippen LogP contribution < -0.4 is 0 Å². The van der Waals surface area contributed by atoms with Crippen LogP contribution >= 0.6 is 23.2 Å². The molecule has 1 rings (SSSR count). The third-order valence-corrected chi connectivity index (χ3v) is 1.96. The van der Waals surface area contributed by atoms with Crippen molar-refractivity contribution in [2.75, 3.05) is 5.88 Å². The number of alkyl halides is 1. The second-order valence-corrected chi connectivity index (χ2v) is 3.19.